The number of carbonyl (C=O) groups is 1. The van der Waals surface area contributed by atoms with E-state index < -0.39 is 0 Å². The van der Waals surface area contributed by atoms with Gasteiger partial charge in [0, 0.05) is 38.6 Å². The SMILES string of the molecule is COCCN(CCOC)C(=O)c1nn(-c2ccccc2)c2c1CCCCC2. The van der Waals surface area contributed by atoms with E-state index in [0.29, 0.717) is 32.0 Å². The third-order valence-corrected chi connectivity index (χ3v) is 5.05. The van der Waals surface area contributed by atoms with Gasteiger partial charge in [-0.3, -0.25) is 4.79 Å². The molecule has 0 saturated heterocycles. The summed E-state index contributed by atoms with van der Waals surface area (Å²) in [7, 11) is 3.30. The number of para-hydroxylation sites is 1. The lowest BCUT2D eigenvalue weighted by atomic mass is 10.1. The van der Waals surface area contributed by atoms with Gasteiger partial charge in [0.1, 0.15) is 0 Å². The van der Waals surface area contributed by atoms with Crippen molar-refractivity contribution < 1.29 is 14.3 Å². The summed E-state index contributed by atoms with van der Waals surface area (Å²) in [6, 6.07) is 10.1. The molecule has 0 spiro atoms. The molecular formula is C21H29N3O3. The largest absolute Gasteiger partial charge is 0.383 e. The first-order valence-electron chi connectivity index (χ1n) is 9.69. The lowest BCUT2D eigenvalue weighted by Crippen LogP contribution is -2.37. The van der Waals surface area contributed by atoms with Crippen LogP contribution >= 0.6 is 0 Å². The van der Waals surface area contributed by atoms with E-state index in [4.69, 9.17) is 14.6 Å². The summed E-state index contributed by atoms with van der Waals surface area (Å²) in [4.78, 5) is 15.1. The maximum Gasteiger partial charge on any atom is 0.274 e. The van der Waals surface area contributed by atoms with Crippen LogP contribution in [0.3, 0.4) is 0 Å². The van der Waals surface area contributed by atoms with Crippen molar-refractivity contribution >= 4 is 5.91 Å². The van der Waals surface area contributed by atoms with Crippen molar-refractivity contribution in [2.45, 2.75) is 32.1 Å². The minimum absolute atomic E-state index is 0.0306. The molecule has 146 valence electrons. The number of nitrogens with zero attached hydrogens (tertiary/aromatic N) is 3. The third kappa shape index (κ3) is 4.57. The van der Waals surface area contributed by atoms with Gasteiger partial charge >= 0.3 is 0 Å². The minimum atomic E-state index is -0.0306. The molecule has 1 amide bonds. The molecule has 0 saturated carbocycles. The van der Waals surface area contributed by atoms with Gasteiger partial charge in [-0.2, -0.15) is 5.10 Å². The topological polar surface area (TPSA) is 56.6 Å². The predicted octanol–water partition coefficient (Wildman–Crippen LogP) is 2.88. The molecule has 0 fully saturated rings. The number of benzene rings is 1. The number of rotatable bonds is 8. The first kappa shape index (κ1) is 19.6. The van der Waals surface area contributed by atoms with E-state index in [9.17, 15) is 4.79 Å². The van der Waals surface area contributed by atoms with E-state index in [1.165, 1.54) is 12.1 Å². The Hall–Kier alpha value is -2.18. The van der Waals surface area contributed by atoms with Gasteiger partial charge in [0.25, 0.3) is 5.91 Å². The second kappa shape index (κ2) is 9.67. The van der Waals surface area contributed by atoms with Crippen LogP contribution in [0.2, 0.25) is 0 Å². The fourth-order valence-electron chi connectivity index (χ4n) is 3.60. The second-order valence-corrected chi connectivity index (χ2v) is 6.86. The summed E-state index contributed by atoms with van der Waals surface area (Å²) in [6.45, 7) is 2.06. The molecule has 0 radical (unpaired) electrons. The minimum Gasteiger partial charge on any atom is -0.383 e. The maximum absolute atomic E-state index is 13.3. The van der Waals surface area contributed by atoms with Gasteiger partial charge in [-0.1, -0.05) is 24.6 Å². The summed E-state index contributed by atoms with van der Waals surface area (Å²) in [5.74, 6) is -0.0306. The second-order valence-electron chi connectivity index (χ2n) is 6.86. The Kier molecular flexibility index (Phi) is 7.01. The number of aromatic nitrogens is 2. The van der Waals surface area contributed by atoms with Crippen molar-refractivity contribution in [3.05, 3.63) is 47.3 Å². The highest BCUT2D eigenvalue weighted by Gasteiger charge is 2.27. The first-order valence-corrected chi connectivity index (χ1v) is 9.69. The zero-order chi connectivity index (χ0) is 19.1. The van der Waals surface area contributed by atoms with Crippen molar-refractivity contribution in [3.8, 4) is 5.69 Å². The molecule has 1 aromatic carbocycles. The fourth-order valence-corrected chi connectivity index (χ4v) is 3.60. The average Bonchev–Trinajstić information content (AvgIpc) is 2.89. The molecule has 1 aliphatic carbocycles. The van der Waals surface area contributed by atoms with Crippen molar-refractivity contribution in [1.29, 1.82) is 0 Å². The van der Waals surface area contributed by atoms with E-state index in [1.807, 2.05) is 35.0 Å². The molecule has 0 atom stereocenters. The Bertz CT molecular complexity index is 735. The zero-order valence-electron chi connectivity index (χ0n) is 16.3. The number of carbonyl (C=O) groups excluding carboxylic acids is 1. The van der Waals surface area contributed by atoms with Gasteiger partial charge in [0.15, 0.2) is 5.69 Å². The lowest BCUT2D eigenvalue weighted by molar-refractivity contribution is 0.0620. The maximum atomic E-state index is 13.3. The monoisotopic (exact) mass is 371 g/mol. The highest BCUT2D eigenvalue weighted by atomic mass is 16.5. The van der Waals surface area contributed by atoms with Crippen LogP contribution in [-0.2, 0) is 22.3 Å². The summed E-state index contributed by atoms with van der Waals surface area (Å²) in [5.41, 5.74) is 3.89. The van der Waals surface area contributed by atoms with Gasteiger partial charge in [-0.25, -0.2) is 4.68 Å². The van der Waals surface area contributed by atoms with Gasteiger partial charge in [-0.05, 0) is 37.8 Å². The zero-order valence-corrected chi connectivity index (χ0v) is 16.3. The van der Waals surface area contributed by atoms with Crippen LogP contribution in [0.25, 0.3) is 5.69 Å². The molecule has 1 aliphatic rings. The highest BCUT2D eigenvalue weighted by molar-refractivity contribution is 5.94. The van der Waals surface area contributed by atoms with Gasteiger partial charge in [-0.15, -0.1) is 0 Å². The van der Waals surface area contributed by atoms with E-state index in [2.05, 4.69) is 0 Å². The molecule has 0 aliphatic heterocycles. The summed E-state index contributed by atoms with van der Waals surface area (Å²) in [5, 5.41) is 4.78. The molecule has 6 nitrogen and oxygen atoms in total. The molecule has 0 N–H and O–H groups in total. The Morgan fingerprint density at radius 3 is 2.37 bits per heavy atom. The summed E-state index contributed by atoms with van der Waals surface area (Å²) < 4.78 is 12.3. The van der Waals surface area contributed by atoms with E-state index >= 15 is 0 Å². The fraction of sp³-hybridized carbons (Fsp3) is 0.524. The Labute approximate surface area is 161 Å². The van der Waals surface area contributed by atoms with Crippen molar-refractivity contribution in [3.63, 3.8) is 0 Å². The van der Waals surface area contributed by atoms with Crippen molar-refractivity contribution in [2.75, 3.05) is 40.5 Å². The van der Waals surface area contributed by atoms with Gasteiger partial charge < -0.3 is 14.4 Å². The number of amides is 1. The normalized spacial score (nSPS) is 13.9. The van der Waals surface area contributed by atoms with Crippen LogP contribution in [0.1, 0.15) is 41.0 Å². The number of ether oxygens (including phenoxy) is 2. The molecule has 2 aromatic rings. The third-order valence-electron chi connectivity index (χ3n) is 5.05. The van der Waals surface area contributed by atoms with Crippen LogP contribution in [0.5, 0.6) is 0 Å². The molecule has 0 unspecified atom stereocenters. The van der Waals surface area contributed by atoms with E-state index in [0.717, 1.165) is 36.9 Å². The van der Waals surface area contributed by atoms with E-state index in [1.54, 1.807) is 19.1 Å². The average molecular weight is 371 g/mol. The molecule has 1 heterocycles. The quantitative estimate of drug-likeness (QED) is 0.670. The summed E-state index contributed by atoms with van der Waals surface area (Å²) >= 11 is 0. The van der Waals surface area contributed by atoms with Gasteiger partial charge in [0.2, 0.25) is 0 Å². The van der Waals surface area contributed by atoms with Gasteiger partial charge in [0.05, 0.1) is 18.9 Å². The van der Waals surface area contributed by atoms with E-state index in [-0.39, 0.29) is 5.91 Å². The number of hydrogen-bond acceptors (Lipinski definition) is 4. The van der Waals surface area contributed by atoms with Crippen LogP contribution in [0, 0.1) is 0 Å². The predicted molar refractivity (Wildman–Crippen MR) is 104 cm³/mol. The standard InChI is InChI=1S/C21H29N3O3/c1-26-15-13-23(14-16-27-2)21(25)20-18-11-7-4-8-12-19(18)24(22-20)17-9-5-3-6-10-17/h3,5-6,9-10H,4,7-8,11-16H2,1-2H3. The Balaban J connectivity index is 1.98. The smallest absolute Gasteiger partial charge is 0.274 e. The molecule has 6 heteroatoms. The van der Waals surface area contributed by atoms with Crippen LogP contribution in [0.15, 0.2) is 30.3 Å². The summed E-state index contributed by atoms with van der Waals surface area (Å²) in [6.07, 6.45) is 5.29. The van der Waals surface area contributed by atoms with Crippen LogP contribution < -0.4 is 0 Å². The Morgan fingerprint density at radius 2 is 1.70 bits per heavy atom. The number of methoxy groups -OCH3 is 2. The molecule has 0 bridgehead atoms. The Morgan fingerprint density at radius 1 is 1.04 bits per heavy atom. The van der Waals surface area contributed by atoms with Crippen molar-refractivity contribution in [2.24, 2.45) is 0 Å². The number of fused-ring (bicyclic) bond motifs is 1. The first-order chi connectivity index (χ1) is 13.3. The van der Waals surface area contributed by atoms with Crippen molar-refractivity contribution in [1.82, 2.24) is 14.7 Å². The number of hydrogen-bond donors (Lipinski definition) is 0. The molecule has 3 rings (SSSR count). The molecule has 1 aromatic heterocycles. The molecular weight excluding hydrogens is 342 g/mol. The lowest BCUT2D eigenvalue weighted by Gasteiger charge is -2.21. The van der Waals surface area contributed by atoms with Crippen LogP contribution in [0.4, 0.5) is 0 Å². The highest BCUT2D eigenvalue weighted by Crippen LogP contribution is 2.27. The molecule has 27 heavy (non-hydrogen) atoms. The van der Waals surface area contributed by atoms with Crippen LogP contribution in [-0.4, -0.2) is 61.1 Å².